The summed E-state index contributed by atoms with van der Waals surface area (Å²) >= 11 is 1.82. The van der Waals surface area contributed by atoms with Gasteiger partial charge >= 0.3 is 0 Å². The minimum atomic E-state index is -0.543. The second-order valence-corrected chi connectivity index (χ2v) is 4.85. The van der Waals surface area contributed by atoms with Gasteiger partial charge < -0.3 is 14.6 Å². The molecule has 0 spiro atoms. The normalized spacial score (nSPS) is 22.8. The lowest BCUT2D eigenvalue weighted by molar-refractivity contribution is -0.0227. The van der Waals surface area contributed by atoms with Gasteiger partial charge in [0.15, 0.2) is 0 Å². The third-order valence-corrected chi connectivity index (χ3v) is 3.67. The third kappa shape index (κ3) is 2.70. The molecule has 0 aromatic heterocycles. The maximum atomic E-state index is 10.1. The van der Waals surface area contributed by atoms with Gasteiger partial charge in [-0.1, -0.05) is 12.1 Å². The van der Waals surface area contributed by atoms with Gasteiger partial charge in [0, 0.05) is 11.5 Å². The summed E-state index contributed by atoms with van der Waals surface area (Å²) in [6, 6.07) is 7.47. The first kappa shape index (κ1) is 11.8. The van der Waals surface area contributed by atoms with E-state index in [9.17, 15) is 5.11 Å². The van der Waals surface area contributed by atoms with Crippen molar-refractivity contribution in [1.29, 1.82) is 0 Å². The molecule has 3 nitrogen and oxygen atoms in total. The van der Waals surface area contributed by atoms with E-state index in [1.165, 1.54) is 0 Å². The highest BCUT2D eigenvalue weighted by atomic mass is 32.2. The number of methoxy groups -OCH3 is 1. The van der Waals surface area contributed by atoms with E-state index in [1.807, 2.05) is 36.0 Å². The Hall–Kier alpha value is -0.710. The molecule has 0 radical (unpaired) electrons. The van der Waals surface area contributed by atoms with Gasteiger partial charge in [0.1, 0.15) is 11.9 Å². The van der Waals surface area contributed by atoms with Gasteiger partial charge in [-0.25, -0.2) is 0 Å². The number of hydrogen-bond donors (Lipinski definition) is 1. The smallest absolute Gasteiger partial charge is 0.118 e. The van der Waals surface area contributed by atoms with Crippen LogP contribution in [0, 0.1) is 0 Å². The molecule has 0 aliphatic carbocycles. The van der Waals surface area contributed by atoms with Crippen molar-refractivity contribution in [2.75, 3.05) is 25.2 Å². The van der Waals surface area contributed by atoms with E-state index in [4.69, 9.17) is 9.47 Å². The van der Waals surface area contributed by atoms with Crippen LogP contribution in [0.1, 0.15) is 11.7 Å². The van der Waals surface area contributed by atoms with E-state index in [0.717, 1.165) is 29.4 Å². The molecule has 16 heavy (non-hydrogen) atoms. The largest absolute Gasteiger partial charge is 0.497 e. The molecule has 1 N–H and O–H groups in total. The molecule has 4 heteroatoms. The van der Waals surface area contributed by atoms with E-state index in [0.29, 0.717) is 0 Å². The molecule has 1 aliphatic rings. The highest BCUT2D eigenvalue weighted by Gasteiger charge is 2.24. The Kier molecular flexibility index (Phi) is 4.09. The number of benzene rings is 1. The standard InChI is InChI=1S/C12H16O3S/c1-14-10-4-2-9(3-5-10)12(13)11-8-16-7-6-15-11/h2-5,11-13H,6-8H2,1H3. The van der Waals surface area contributed by atoms with Gasteiger partial charge in [-0.2, -0.15) is 11.8 Å². The molecule has 1 saturated heterocycles. The van der Waals surface area contributed by atoms with E-state index in [-0.39, 0.29) is 6.10 Å². The van der Waals surface area contributed by atoms with Crippen LogP contribution in [0.4, 0.5) is 0 Å². The molecule has 0 bridgehead atoms. The van der Waals surface area contributed by atoms with Crippen LogP contribution in [0.25, 0.3) is 0 Å². The lowest BCUT2D eigenvalue weighted by atomic mass is 10.1. The minimum Gasteiger partial charge on any atom is -0.497 e. The van der Waals surface area contributed by atoms with Gasteiger partial charge in [-0.15, -0.1) is 0 Å². The Balaban J connectivity index is 2.04. The van der Waals surface area contributed by atoms with E-state index in [2.05, 4.69) is 0 Å². The summed E-state index contributed by atoms with van der Waals surface area (Å²) in [5, 5.41) is 10.1. The van der Waals surface area contributed by atoms with Gasteiger partial charge in [0.25, 0.3) is 0 Å². The second kappa shape index (κ2) is 5.57. The van der Waals surface area contributed by atoms with Crippen LogP contribution in [-0.2, 0) is 4.74 Å². The first-order chi connectivity index (χ1) is 7.81. The molecular weight excluding hydrogens is 224 g/mol. The summed E-state index contributed by atoms with van der Waals surface area (Å²) in [7, 11) is 1.63. The number of rotatable bonds is 3. The summed E-state index contributed by atoms with van der Waals surface area (Å²) in [6.45, 7) is 0.725. The number of ether oxygens (including phenoxy) is 2. The molecule has 1 aromatic carbocycles. The zero-order chi connectivity index (χ0) is 11.4. The maximum Gasteiger partial charge on any atom is 0.118 e. The van der Waals surface area contributed by atoms with Crippen molar-refractivity contribution in [2.24, 2.45) is 0 Å². The van der Waals surface area contributed by atoms with Gasteiger partial charge in [0.2, 0.25) is 0 Å². The second-order valence-electron chi connectivity index (χ2n) is 3.70. The first-order valence-corrected chi connectivity index (χ1v) is 6.48. The maximum absolute atomic E-state index is 10.1. The van der Waals surface area contributed by atoms with Crippen molar-refractivity contribution in [1.82, 2.24) is 0 Å². The Morgan fingerprint density at radius 2 is 2.19 bits per heavy atom. The predicted molar refractivity (Wildman–Crippen MR) is 65.0 cm³/mol. The Labute approximate surface area is 99.8 Å². The Bertz CT molecular complexity index is 320. The molecule has 1 aliphatic heterocycles. The Morgan fingerprint density at radius 3 is 2.75 bits per heavy atom. The predicted octanol–water partition coefficient (Wildman–Crippen LogP) is 1.86. The number of aliphatic hydroxyl groups is 1. The summed E-state index contributed by atoms with van der Waals surface area (Å²) in [5.74, 6) is 2.67. The minimum absolute atomic E-state index is 0.0906. The zero-order valence-electron chi connectivity index (χ0n) is 9.26. The SMILES string of the molecule is COc1ccc(C(O)C2CSCCO2)cc1. The Morgan fingerprint density at radius 1 is 1.44 bits per heavy atom. The molecular formula is C12H16O3S. The molecule has 88 valence electrons. The monoisotopic (exact) mass is 240 g/mol. The third-order valence-electron chi connectivity index (χ3n) is 2.65. The number of thioether (sulfide) groups is 1. The van der Waals surface area contributed by atoms with Crippen molar-refractivity contribution in [2.45, 2.75) is 12.2 Å². The lowest BCUT2D eigenvalue weighted by Gasteiger charge is -2.27. The highest BCUT2D eigenvalue weighted by Crippen LogP contribution is 2.26. The van der Waals surface area contributed by atoms with Gasteiger partial charge in [-0.05, 0) is 17.7 Å². The van der Waals surface area contributed by atoms with E-state index < -0.39 is 6.10 Å². The van der Waals surface area contributed by atoms with E-state index >= 15 is 0 Å². The average molecular weight is 240 g/mol. The van der Waals surface area contributed by atoms with E-state index in [1.54, 1.807) is 7.11 Å². The quantitative estimate of drug-likeness (QED) is 0.875. The molecule has 2 rings (SSSR count). The zero-order valence-corrected chi connectivity index (χ0v) is 10.1. The van der Waals surface area contributed by atoms with Gasteiger partial charge in [-0.3, -0.25) is 0 Å². The summed E-state index contributed by atoms with van der Waals surface area (Å²) in [5.41, 5.74) is 0.883. The van der Waals surface area contributed by atoms with Crippen molar-refractivity contribution >= 4 is 11.8 Å². The summed E-state index contributed by atoms with van der Waals surface area (Å²) < 4.78 is 10.6. The number of aliphatic hydroxyl groups excluding tert-OH is 1. The summed E-state index contributed by atoms with van der Waals surface area (Å²) in [6.07, 6.45) is -0.633. The van der Waals surface area contributed by atoms with Crippen LogP contribution in [0.15, 0.2) is 24.3 Å². The van der Waals surface area contributed by atoms with Crippen LogP contribution in [0.2, 0.25) is 0 Å². The molecule has 0 amide bonds. The molecule has 0 saturated carbocycles. The van der Waals surface area contributed by atoms with Crippen LogP contribution < -0.4 is 4.74 Å². The summed E-state index contributed by atoms with van der Waals surface area (Å²) in [4.78, 5) is 0. The first-order valence-electron chi connectivity index (χ1n) is 5.32. The van der Waals surface area contributed by atoms with Gasteiger partial charge in [0.05, 0.1) is 19.8 Å². The topological polar surface area (TPSA) is 38.7 Å². The van der Waals surface area contributed by atoms with Crippen molar-refractivity contribution in [3.05, 3.63) is 29.8 Å². The van der Waals surface area contributed by atoms with Crippen molar-refractivity contribution in [3.63, 3.8) is 0 Å². The fourth-order valence-corrected chi connectivity index (χ4v) is 2.60. The lowest BCUT2D eigenvalue weighted by Crippen LogP contribution is -2.29. The molecule has 1 fully saturated rings. The molecule has 1 aromatic rings. The number of hydrogen-bond acceptors (Lipinski definition) is 4. The fourth-order valence-electron chi connectivity index (χ4n) is 1.70. The average Bonchev–Trinajstić information content (AvgIpc) is 2.39. The molecule has 2 unspecified atom stereocenters. The van der Waals surface area contributed by atoms with Crippen LogP contribution in [0.5, 0.6) is 5.75 Å². The highest BCUT2D eigenvalue weighted by molar-refractivity contribution is 7.99. The van der Waals surface area contributed by atoms with Crippen molar-refractivity contribution in [3.8, 4) is 5.75 Å². The molecule has 1 heterocycles. The molecule has 2 atom stereocenters. The van der Waals surface area contributed by atoms with Crippen LogP contribution in [0.3, 0.4) is 0 Å². The van der Waals surface area contributed by atoms with Crippen molar-refractivity contribution < 1.29 is 14.6 Å². The van der Waals surface area contributed by atoms with Crippen LogP contribution in [-0.4, -0.2) is 36.4 Å². The fraction of sp³-hybridized carbons (Fsp3) is 0.500. The van der Waals surface area contributed by atoms with Crippen LogP contribution >= 0.6 is 11.8 Å².